The fourth-order valence-electron chi connectivity index (χ4n) is 3.50. The number of hydrogen-bond acceptors (Lipinski definition) is 3. The van der Waals surface area contributed by atoms with E-state index in [2.05, 4.69) is 24.9 Å². The molecule has 2 aliphatic carbocycles. The average Bonchev–Trinajstić information content (AvgIpc) is 3.13. The van der Waals surface area contributed by atoms with Crippen molar-refractivity contribution < 1.29 is 9.84 Å². The topological polar surface area (TPSA) is 32.7 Å². The SMILES string of the molecule is COc1ccc2c(c1)CCC(N(C)CC1CC1C)C2O. The largest absolute Gasteiger partial charge is 0.497 e. The Hall–Kier alpha value is -1.06. The Labute approximate surface area is 121 Å². The van der Waals surface area contributed by atoms with E-state index >= 15 is 0 Å². The fourth-order valence-corrected chi connectivity index (χ4v) is 3.50. The molecule has 3 heteroatoms. The third-order valence-corrected chi connectivity index (χ3v) is 5.11. The normalized spacial score (nSPS) is 32.0. The molecule has 3 nitrogen and oxygen atoms in total. The molecule has 1 saturated carbocycles. The van der Waals surface area contributed by atoms with Crippen LogP contribution in [0.2, 0.25) is 0 Å². The molecule has 0 saturated heterocycles. The van der Waals surface area contributed by atoms with E-state index in [0.29, 0.717) is 0 Å². The molecule has 1 aromatic carbocycles. The smallest absolute Gasteiger partial charge is 0.119 e. The van der Waals surface area contributed by atoms with Crippen molar-refractivity contribution in [3.8, 4) is 5.75 Å². The lowest BCUT2D eigenvalue weighted by Crippen LogP contribution is -2.41. The van der Waals surface area contributed by atoms with Crippen LogP contribution in [0.4, 0.5) is 0 Å². The van der Waals surface area contributed by atoms with Crippen LogP contribution in [0.25, 0.3) is 0 Å². The van der Waals surface area contributed by atoms with Gasteiger partial charge in [0.15, 0.2) is 0 Å². The lowest BCUT2D eigenvalue weighted by molar-refractivity contribution is 0.0471. The summed E-state index contributed by atoms with van der Waals surface area (Å²) in [4.78, 5) is 2.37. The van der Waals surface area contributed by atoms with Crippen molar-refractivity contribution in [3.63, 3.8) is 0 Å². The van der Waals surface area contributed by atoms with Gasteiger partial charge in [-0.05, 0) is 61.4 Å². The van der Waals surface area contributed by atoms with Crippen LogP contribution >= 0.6 is 0 Å². The van der Waals surface area contributed by atoms with Gasteiger partial charge in [-0.15, -0.1) is 0 Å². The summed E-state index contributed by atoms with van der Waals surface area (Å²) in [6, 6.07) is 6.30. The van der Waals surface area contributed by atoms with Gasteiger partial charge in [-0.25, -0.2) is 0 Å². The van der Waals surface area contributed by atoms with Gasteiger partial charge in [0.05, 0.1) is 13.2 Å². The van der Waals surface area contributed by atoms with Gasteiger partial charge in [-0.3, -0.25) is 0 Å². The van der Waals surface area contributed by atoms with Crippen LogP contribution < -0.4 is 4.74 Å². The number of methoxy groups -OCH3 is 1. The Bertz CT molecular complexity index is 488. The van der Waals surface area contributed by atoms with Gasteiger partial charge in [-0.1, -0.05) is 13.0 Å². The maximum Gasteiger partial charge on any atom is 0.119 e. The van der Waals surface area contributed by atoms with Crippen LogP contribution in [0.3, 0.4) is 0 Å². The molecule has 0 heterocycles. The number of aliphatic hydroxyl groups is 1. The van der Waals surface area contributed by atoms with Gasteiger partial charge in [0.1, 0.15) is 5.75 Å². The van der Waals surface area contributed by atoms with Gasteiger partial charge in [0.25, 0.3) is 0 Å². The Morgan fingerprint density at radius 1 is 1.40 bits per heavy atom. The molecule has 20 heavy (non-hydrogen) atoms. The molecule has 4 atom stereocenters. The molecule has 3 rings (SSSR count). The first-order valence-corrected chi connectivity index (χ1v) is 7.65. The number of aryl methyl sites for hydroxylation is 1. The number of aliphatic hydroxyl groups excluding tert-OH is 1. The highest BCUT2D eigenvalue weighted by molar-refractivity contribution is 5.39. The number of rotatable bonds is 4. The minimum atomic E-state index is -0.372. The van der Waals surface area contributed by atoms with Crippen LogP contribution in [0.15, 0.2) is 18.2 Å². The van der Waals surface area contributed by atoms with Crippen LogP contribution in [0.1, 0.15) is 37.0 Å². The Kier molecular flexibility index (Phi) is 3.74. The van der Waals surface area contributed by atoms with Crippen LogP contribution in [0, 0.1) is 11.8 Å². The molecule has 0 amide bonds. The van der Waals surface area contributed by atoms with E-state index in [-0.39, 0.29) is 12.1 Å². The fraction of sp³-hybridized carbons (Fsp3) is 0.647. The molecular weight excluding hydrogens is 250 g/mol. The predicted molar refractivity (Wildman–Crippen MR) is 80.0 cm³/mol. The molecule has 4 unspecified atom stereocenters. The number of hydrogen-bond donors (Lipinski definition) is 1. The maximum atomic E-state index is 10.7. The maximum absolute atomic E-state index is 10.7. The highest BCUT2D eigenvalue weighted by atomic mass is 16.5. The summed E-state index contributed by atoms with van der Waals surface area (Å²) in [6.45, 7) is 3.44. The van der Waals surface area contributed by atoms with Gasteiger partial charge < -0.3 is 14.7 Å². The quantitative estimate of drug-likeness (QED) is 0.917. The lowest BCUT2D eigenvalue weighted by atomic mass is 9.85. The highest BCUT2D eigenvalue weighted by Crippen LogP contribution is 2.40. The van der Waals surface area contributed by atoms with E-state index in [1.807, 2.05) is 12.1 Å². The molecular formula is C17H25NO2. The number of likely N-dealkylation sites (N-methyl/N-ethyl adjacent to an activating group) is 1. The van der Waals surface area contributed by atoms with Crippen molar-refractivity contribution in [1.29, 1.82) is 0 Å². The van der Waals surface area contributed by atoms with Crippen LogP contribution in [-0.4, -0.2) is 36.8 Å². The summed E-state index contributed by atoms with van der Waals surface area (Å²) in [5.74, 6) is 2.59. The Morgan fingerprint density at radius 2 is 2.15 bits per heavy atom. The van der Waals surface area contributed by atoms with E-state index < -0.39 is 0 Å². The molecule has 0 radical (unpaired) electrons. The molecule has 0 spiro atoms. The molecule has 0 aromatic heterocycles. The lowest BCUT2D eigenvalue weighted by Gasteiger charge is -2.36. The van der Waals surface area contributed by atoms with Crippen molar-refractivity contribution in [1.82, 2.24) is 4.90 Å². The number of benzene rings is 1. The van der Waals surface area contributed by atoms with Crippen molar-refractivity contribution in [3.05, 3.63) is 29.3 Å². The first kappa shape index (κ1) is 13.9. The number of nitrogens with zero attached hydrogens (tertiary/aromatic N) is 1. The molecule has 1 N–H and O–H groups in total. The van der Waals surface area contributed by atoms with Gasteiger partial charge >= 0.3 is 0 Å². The summed E-state index contributed by atoms with van der Waals surface area (Å²) in [5, 5.41) is 10.7. The molecule has 2 aliphatic rings. The van der Waals surface area contributed by atoms with E-state index in [4.69, 9.17) is 4.74 Å². The Balaban J connectivity index is 1.73. The number of ether oxygens (including phenoxy) is 1. The summed E-state index contributed by atoms with van der Waals surface area (Å²) in [6.07, 6.45) is 3.03. The second kappa shape index (κ2) is 5.38. The molecule has 0 bridgehead atoms. The van der Waals surface area contributed by atoms with Gasteiger partial charge in [0.2, 0.25) is 0 Å². The van der Waals surface area contributed by atoms with E-state index in [1.165, 1.54) is 12.0 Å². The van der Waals surface area contributed by atoms with Crippen molar-refractivity contribution in [2.24, 2.45) is 11.8 Å². The second-order valence-corrected chi connectivity index (χ2v) is 6.53. The Morgan fingerprint density at radius 3 is 2.80 bits per heavy atom. The minimum Gasteiger partial charge on any atom is -0.497 e. The minimum absolute atomic E-state index is 0.253. The summed E-state index contributed by atoms with van der Waals surface area (Å²) in [5.41, 5.74) is 2.32. The molecule has 0 aliphatic heterocycles. The molecule has 1 aromatic rings. The first-order valence-electron chi connectivity index (χ1n) is 7.65. The molecule has 1 fully saturated rings. The van der Waals surface area contributed by atoms with Crippen LogP contribution in [0.5, 0.6) is 5.75 Å². The predicted octanol–water partition coefficient (Wildman–Crippen LogP) is 2.63. The first-order chi connectivity index (χ1) is 9.60. The summed E-state index contributed by atoms with van der Waals surface area (Å²) in [7, 11) is 3.85. The monoisotopic (exact) mass is 275 g/mol. The average molecular weight is 275 g/mol. The second-order valence-electron chi connectivity index (χ2n) is 6.53. The zero-order valence-corrected chi connectivity index (χ0v) is 12.7. The summed E-state index contributed by atoms with van der Waals surface area (Å²) >= 11 is 0. The third kappa shape index (κ3) is 2.57. The zero-order chi connectivity index (χ0) is 14.3. The van der Waals surface area contributed by atoms with Gasteiger partial charge in [-0.2, -0.15) is 0 Å². The third-order valence-electron chi connectivity index (χ3n) is 5.11. The van der Waals surface area contributed by atoms with E-state index in [0.717, 1.165) is 42.5 Å². The van der Waals surface area contributed by atoms with E-state index in [9.17, 15) is 5.11 Å². The van der Waals surface area contributed by atoms with Gasteiger partial charge in [0, 0.05) is 12.6 Å². The van der Waals surface area contributed by atoms with Crippen molar-refractivity contribution >= 4 is 0 Å². The van der Waals surface area contributed by atoms with Crippen molar-refractivity contribution in [2.75, 3.05) is 20.7 Å². The van der Waals surface area contributed by atoms with Crippen molar-refractivity contribution in [2.45, 2.75) is 38.3 Å². The number of fused-ring (bicyclic) bond motifs is 1. The van der Waals surface area contributed by atoms with Crippen LogP contribution in [-0.2, 0) is 6.42 Å². The van der Waals surface area contributed by atoms with E-state index in [1.54, 1.807) is 7.11 Å². The molecule has 110 valence electrons. The standard InChI is InChI=1S/C17H25NO2/c1-11-8-13(11)10-18(2)16-7-4-12-9-14(20-3)5-6-15(12)17(16)19/h5-6,9,11,13,16-17,19H,4,7-8,10H2,1-3H3. The zero-order valence-electron chi connectivity index (χ0n) is 12.7. The highest BCUT2D eigenvalue weighted by Gasteiger charge is 2.37. The summed E-state index contributed by atoms with van der Waals surface area (Å²) < 4.78 is 5.27.